The average Bonchev–Trinajstić information content (AvgIpc) is 2.88. The summed E-state index contributed by atoms with van der Waals surface area (Å²) in [4.78, 5) is 67.2. The highest BCUT2D eigenvalue weighted by Crippen LogP contribution is 2.25. The zero-order chi connectivity index (χ0) is 27.7. The lowest BCUT2D eigenvalue weighted by Crippen LogP contribution is -2.47. The third-order valence-electron chi connectivity index (χ3n) is 5.54. The van der Waals surface area contributed by atoms with Crippen LogP contribution in [0.25, 0.3) is 0 Å². The number of thioether (sulfide) groups is 1. The van der Waals surface area contributed by atoms with Crippen molar-refractivity contribution in [1.29, 1.82) is 0 Å². The number of cyclic esters (lactones) is 2. The standard InChI is InChI=1S/C25H34N2O9S/c1-7-11-37-25(32)36-19-14(5)9-10-26-18(19)21(28)27-17-12-33-23(30)16(8-2)20(15(6)34-24(17)31)35-22(29)13(3)4/h9-10,13,15-17,20H,7-8,11-12H2,1-6H3,(H,27,28)/t15-,16+,17-,20-/m0/s1. The Morgan fingerprint density at radius 3 is 2.54 bits per heavy atom. The van der Waals surface area contributed by atoms with E-state index in [1.54, 1.807) is 33.8 Å². The summed E-state index contributed by atoms with van der Waals surface area (Å²) < 4.78 is 21.7. The third-order valence-corrected chi connectivity index (χ3v) is 6.47. The van der Waals surface area contributed by atoms with E-state index in [4.69, 9.17) is 18.9 Å². The van der Waals surface area contributed by atoms with Gasteiger partial charge in [0.15, 0.2) is 23.6 Å². The van der Waals surface area contributed by atoms with E-state index in [1.807, 2.05) is 6.92 Å². The maximum atomic E-state index is 13.1. The Labute approximate surface area is 220 Å². The van der Waals surface area contributed by atoms with E-state index in [-0.39, 0.29) is 17.9 Å². The van der Waals surface area contributed by atoms with Gasteiger partial charge in [-0.3, -0.25) is 14.4 Å². The molecule has 4 atom stereocenters. The molecule has 0 saturated carbocycles. The molecule has 1 aliphatic rings. The van der Waals surface area contributed by atoms with Gasteiger partial charge in [-0.05, 0) is 50.1 Å². The predicted octanol–water partition coefficient (Wildman–Crippen LogP) is 3.21. The number of carbonyl (C=O) groups excluding carboxylic acids is 5. The number of esters is 3. The van der Waals surface area contributed by atoms with Crippen molar-refractivity contribution >= 4 is 40.9 Å². The van der Waals surface area contributed by atoms with Crippen LogP contribution in [0.2, 0.25) is 0 Å². The highest BCUT2D eigenvalue weighted by molar-refractivity contribution is 8.13. The van der Waals surface area contributed by atoms with Crippen molar-refractivity contribution in [3.05, 3.63) is 23.5 Å². The predicted molar refractivity (Wildman–Crippen MR) is 134 cm³/mol. The number of aromatic nitrogens is 1. The summed E-state index contributed by atoms with van der Waals surface area (Å²) in [6, 6.07) is 0.196. The topological polar surface area (TPSA) is 147 Å². The van der Waals surface area contributed by atoms with Crippen molar-refractivity contribution in [2.75, 3.05) is 12.4 Å². The number of nitrogens with zero attached hydrogens (tertiary/aromatic N) is 1. The van der Waals surface area contributed by atoms with Crippen molar-refractivity contribution < 1.29 is 42.9 Å². The van der Waals surface area contributed by atoms with E-state index in [0.717, 1.165) is 18.2 Å². The largest absolute Gasteiger partial charge is 0.463 e. The van der Waals surface area contributed by atoms with E-state index in [1.165, 1.54) is 13.1 Å². The minimum absolute atomic E-state index is 0.0397. The maximum absolute atomic E-state index is 13.1. The number of pyridine rings is 1. The molecule has 1 aliphatic heterocycles. The first-order chi connectivity index (χ1) is 17.5. The SMILES string of the molecule is CCCSC(=O)Oc1c(C)ccnc1C(=O)N[C@H]1COC(=O)[C@H](CC)[C@@H](OC(=O)C(C)C)[C@H](C)OC1=O. The van der Waals surface area contributed by atoms with Crippen LogP contribution in [-0.2, 0) is 28.6 Å². The number of hydrogen-bond donors (Lipinski definition) is 1. The quantitative estimate of drug-likeness (QED) is 0.384. The molecule has 11 nitrogen and oxygen atoms in total. The number of ether oxygens (including phenoxy) is 4. The molecular weight excluding hydrogens is 504 g/mol. The average molecular weight is 539 g/mol. The molecule has 0 bridgehead atoms. The van der Waals surface area contributed by atoms with Gasteiger partial charge in [0.25, 0.3) is 5.91 Å². The summed E-state index contributed by atoms with van der Waals surface area (Å²) in [6.45, 7) is 9.57. The van der Waals surface area contributed by atoms with Crippen LogP contribution >= 0.6 is 11.8 Å². The lowest BCUT2D eigenvalue weighted by Gasteiger charge is -2.29. The molecule has 0 spiro atoms. The molecule has 1 aromatic heterocycles. The molecule has 0 aromatic carbocycles. The van der Waals surface area contributed by atoms with E-state index >= 15 is 0 Å². The molecule has 12 heteroatoms. The summed E-state index contributed by atoms with van der Waals surface area (Å²) >= 11 is 0.964. The second-order valence-corrected chi connectivity index (χ2v) is 9.91. The van der Waals surface area contributed by atoms with E-state index in [0.29, 0.717) is 11.3 Å². The molecule has 1 fully saturated rings. The van der Waals surface area contributed by atoms with Crippen LogP contribution in [0.15, 0.2) is 12.3 Å². The van der Waals surface area contributed by atoms with Gasteiger partial charge in [0.05, 0.1) is 11.8 Å². The molecule has 1 saturated heterocycles. The fourth-order valence-corrected chi connectivity index (χ4v) is 3.96. The highest BCUT2D eigenvalue weighted by Gasteiger charge is 2.41. The third kappa shape index (κ3) is 8.17. The molecule has 1 N–H and O–H groups in total. The molecule has 1 amide bonds. The van der Waals surface area contributed by atoms with Gasteiger partial charge in [-0.1, -0.05) is 27.7 Å². The Hall–Kier alpha value is -3.15. The maximum Gasteiger partial charge on any atom is 0.372 e. The molecule has 1 aromatic rings. The minimum Gasteiger partial charge on any atom is -0.463 e. The molecule has 2 heterocycles. The number of nitrogens with one attached hydrogen (secondary N) is 1. The molecule has 0 unspecified atom stereocenters. The second-order valence-electron chi connectivity index (χ2n) is 8.88. The van der Waals surface area contributed by atoms with Crippen LogP contribution in [0.1, 0.15) is 63.5 Å². The first-order valence-corrected chi connectivity index (χ1v) is 13.2. The van der Waals surface area contributed by atoms with Crippen LogP contribution in [0.4, 0.5) is 4.79 Å². The van der Waals surface area contributed by atoms with Crippen LogP contribution in [0, 0.1) is 18.8 Å². The Balaban J connectivity index is 2.26. The van der Waals surface area contributed by atoms with E-state index < -0.39 is 65.8 Å². The molecule has 204 valence electrons. The van der Waals surface area contributed by atoms with Gasteiger partial charge in [-0.25, -0.2) is 14.6 Å². The van der Waals surface area contributed by atoms with Crippen molar-refractivity contribution in [1.82, 2.24) is 10.3 Å². The van der Waals surface area contributed by atoms with Gasteiger partial charge in [-0.2, -0.15) is 0 Å². The normalized spacial score (nSPS) is 22.1. The zero-order valence-electron chi connectivity index (χ0n) is 21.9. The first kappa shape index (κ1) is 30.1. The van der Waals surface area contributed by atoms with Gasteiger partial charge in [0.2, 0.25) is 0 Å². The summed E-state index contributed by atoms with van der Waals surface area (Å²) in [5, 5.41) is 1.86. The Morgan fingerprint density at radius 1 is 1.22 bits per heavy atom. The summed E-state index contributed by atoms with van der Waals surface area (Å²) in [7, 11) is 0. The highest BCUT2D eigenvalue weighted by atomic mass is 32.2. The van der Waals surface area contributed by atoms with Gasteiger partial charge in [0.1, 0.15) is 12.7 Å². The molecule has 2 rings (SSSR count). The van der Waals surface area contributed by atoms with Crippen LogP contribution < -0.4 is 10.1 Å². The number of rotatable bonds is 8. The van der Waals surface area contributed by atoms with Gasteiger partial charge in [0, 0.05) is 11.9 Å². The smallest absolute Gasteiger partial charge is 0.372 e. The Bertz CT molecular complexity index is 1010. The summed E-state index contributed by atoms with van der Waals surface area (Å²) in [5.41, 5.74) is 0.274. The number of amides is 1. The number of aryl methyl sites for hydroxylation is 1. The summed E-state index contributed by atoms with van der Waals surface area (Å²) in [5.74, 6) is -3.78. The minimum atomic E-state index is -1.38. The fourth-order valence-electron chi connectivity index (χ4n) is 3.44. The van der Waals surface area contributed by atoms with Gasteiger partial charge < -0.3 is 24.3 Å². The van der Waals surface area contributed by atoms with E-state index in [2.05, 4.69) is 10.3 Å². The molecule has 0 radical (unpaired) electrons. The van der Waals surface area contributed by atoms with Crippen molar-refractivity contribution in [2.45, 2.75) is 72.6 Å². The second kappa shape index (κ2) is 14.0. The fraction of sp³-hybridized carbons (Fsp3) is 0.600. The van der Waals surface area contributed by atoms with Crippen LogP contribution in [-0.4, -0.2) is 64.7 Å². The Morgan fingerprint density at radius 2 is 1.92 bits per heavy atom. The molecule has 0 aliphatic carbocycles. The van der Waals surface area contributed by atoms with Gasteiger partial charge >= 0.3 is 23.2 Å². The monoisotopic (exact) mass is 538 g/mol. The van der Waals surface area contributed by atoms with Crippen molar-refractivity contribution in [3.63, 3.8) is 0 Å². The lowest BCUT2D eigenvalue weighted by molar-refractivity contribution is -0.176. The lowest BCUT2D eigenvalue weighted by atomic mass is 9.95. The first-order valence-electron chi connectivity index (χ1n) is 12.2. The van der Waals surface area contributed by atoms with Crippen LogP contribution in [0.5, 0.6) is 5.75 Å². The van der Waals surface area contributed by atoms with Crippen molar-refractivity contribution in [2.24, 2.45) is 11.8 Å². The number of carbonyl (C=O) groups is 5. The summed E-state index contributed by atoms with van der Waals surface area (Å²) in [6.07, 6.45) is 0.344. The Kier molecular flexibility index (Phi) is 11.4. The molecule has 37 heavy (non-hydrogen) atoms. The van der Waals surface area contributed by atoms with Gasteiger partial charge in [-0.15, -0.1) is 0 Å². The zero-order valence-corrected chi connectivity index (χ0v) is 22.7. The number of hydrogen-bond acceptors (Lipinski definition) is 11. The van der Waals surface area contributed by atoms with Crippen molar-refractivity contribution in [3.8, 4) is 5.75 Å². The van der Waals surface area contributed by atoms with Crippen LogP contribution in [0.3, 0.4) is 0 Å². The van der Waals surface area contributed by atoms with E-state index in [9.17, 15) is 24.0 Å². The molecular formula is C25H34N2O9S.